The van der Waals surface area contributed by atoms with Crippen molar-refractivity contribution in [2.45, 2.75) is 37.9 Å². The molecule has 27 heavy (non-hydrogen) atoms. The van der Waals surface area contributed by atoms with Gasteiger partial charge in [-0.2, -0.15) is 18.3 Å². The van der Waals surface area contributed by atoms with Crippen molar-refractivity contribution < 1.29 is 22.7 Å². The Morgan fingerprint density at radius 3 is 2.96 bits per heavy atom. The first-order valence-electron chi connectivity index (χ1n) is 8.74. The molecule has 2 heterocycles. The highest BCUT2D eigenvalue weighted by Gasteiger charge is 2.36. The first-order chi connectivity index (χ1) is 12.9. The number of fused-ring (bicyclic) bond motifs is 1. The molecule has 8 heteroatoms. The molecule has 5 nitrogen and oxygen atoms in total. The lowest BCUT2D eigenvalue weighted by Crippen LogP contribution is -2.35. The molecule has 0 saturated carbocycles. The summed E-state index contributed by atoms with van der Waals surface area (Å²) in [5.74, 6) is -0.0372. The van der Waals surface area contributed by atoms with Crippen LogP contribution in [0.2, 0.25) is 0 Å². The maximum Gasteiger partial charge on any atom is 0.435 e. The molecule has 1 aromatic rings. The van der Waals surface area contributed by atoms with Gasteiger partial charge in [-0.05, 0) is 43.1 Å². The van der Waals surface area contributed by atoms with E-state index in [0.717, 1.165) is 24.5 Å². The van der Waals surface area contributed by atoms with Crippen molar-refractivity contribution >= 4 is 5.91 Å². The van der Waals surface area contributed by atoms with E-state index < -0.39 is 11.9 Å². The van der Waals surface area contributed by atoms with Crippen LogP contribution in [0.1, 0.15) is 36.6 Å². The van der Waals surface area contributed by atoms with Crippen LogP contribution < -0.4 is 5.32 Å². The maximum absolute atomic E-state index is 13.2. The number of nitrogens with one attached hydrogen (secondary N) is 1. The third-order valence-corrected chi connectivity index (χ3v) is 4.76. The van der Waals surface area contributed by atoms with Gasteiger partial charge in [-0.25, -0.2) is 0 Å². The number of nitrogens with zero attached hydrogens (tertiary/aromatic N) is 2. The Balaban J connectivity index is 1.67. The third kappa shape index (κ3) is 3.70. The summed E-state index contributed by atoms with van der Waals surface area (Å²) in [5.41, 5.74) is 1.11. The number of rotatable bonds is 3. The average Bonchev–Trinajstić information content (AvgIpc) is 3.06. The molecule has 0 radical (unpaired) electrons. The Kier molecular flexibility index (Phi) is 4.41. The summed E-state index contributed by atoms with van der Waals surface area (Å²) >= 11 is 0. The molecule has 2 aliphatic carbocycles. The molecule has 1 unspecified atom stereocenters. The van der Waals surface area contributed by atoms with E-state index in [-0.39, 0.29) is 18.4 Å². The van der Waals surface area contributed by atoms with Crippen molar-refractivity contribution in [3.63, 3.8) is 0 Å². The number of ether oxygens (including phenoxy) is 1. The zero-order valence-corrected chi connectivity index (χ0v) is 14.4. The highest BCUT2D eigenvalue weighted by molar-refractivity contribution is 5.81. The standard InChI is InChI=1S/C19H18F3N3O2/c20-19(21,22)17-9-15(25(24-17)10-12-4-2-1-3-5-12)13-6-7-16-14(8-13)23-18(26)11-27-16/h1-2,4,7-9,13H,3,5-6,10-11H2,(H,23,26). The SMILES string of the molecule is O=C1COC2=CCC(c3cc(C(F)(F)F)nn3CC3=CC=CCC3)C=C2N1. The van der Waals surface area contributed by atoms with Crippen LogP contribution in [0.4, 0.5) is 13.2 Å². The quantitative estimate of drug-likeness (QED) is 0.876. The third-order valence-electron chi connectivity index (χ3n) is 4.76. The molecule has 0 spiro atoms. The van der Waals surface area contributed by atoms with Crippen molar-refractivity contribution in [2.24, 2.45) is 0 Å². The summed E-state index contributed by atoms with van der Waals surface area (Å²) in [4.78, 5) is 11.5. The highest BCUT2D eigenvalue weighted by Crippen LogP contribution is 2.36. The minimum atomic E-state index is -4.51. The molecular formula is C19H18F3N3O2. The fourth-order valence-corrected chi connectivity index (χ4v) is 3.44. The molecule has 0 bridgehead atoms. The van der Waals surface area contributed by atoms with E-state index in [1.54, 1.807) is 12.2 Å². The molecule has 3 aliphatic rings. The van der Waals surface area contributed by atoms with Crippen LogP contribution in [0.5, 0.6) is 0 Å². The lowest BCUT2D eigenvalue weighted by molar-refractivity contribution is -0.141. The number of hydrogen-bond donors (Lipinski definition) is 1. The number of amides is 1. The largest absolute Gasteiger partial charge is 0.482 e. The van der Waals surface area contributed by atoms with Gasteiger partial charge in [0.15, 0.2) is 12.3 Å². The van der Waals surface area contributed by atoms with Gasteiger partial charge in [0.05, 0.1) is 12.2 Å². The zero-order valence-electron chi connectivity index (χ0n) is 14.4. The van der Waals surface area contributed by atoms with Gasteiger partial charge >= 0.3 is 6.18 Å². The monoisotopic (exact) mass is 377 g/mol. The number of alkyl halides is 3. The fraction of sp³-hybridized carbons (Fsp3) is 0.368. The van der Waals surface area contributed by atoms with Crippen LogP contribution >= 0.6 is 0 Å². The van der Waals surface area contributed by atoms with Crippen LogP contribution in [-0.2, 0) is 22.3 Å². The predicted molar refractivity (Wildman–Crippen MR) is 91.3 cm³/mol. The topological polar surface area (TPSA) is 56.1 Å². The average molecular weight is 377 g/mol. The molecule has 1 aliphatic heterocycles. The minimum Gasteiger partial charge on any atom is -0.482 e. The van der Waals surface area contributed by atoms with Gasteiger partial charge in [0.1, 0.15) is 5.76 Å². The Morgan fingerprint density at radius 2 is 2.22 bits per heavy atom. The fourth-order valence-electron chi connectivity index (χ4n) is 3.44. The van der Waals surface area contributed by atoms with E-state index in [4.69, 9.17) is 4.74 Å². The van der Waals surface area contributed by atoms with Crippen LogP contribution in [-0.4, -0.2) is 22.3 Å². The summed E-state index contributed by atoms with van der Waals surface area (Å²) in [6.45, 7) is 0.264. The molecule has 0 aromatic carbocycles. The van der Waals surface area contributed by atoms with E-state index in [9.17, 15) is 18.0 Å². The van der Waals surface area contributed by atoms with Crippen LogP contribution in [0.15, 0.2) is 53.5 Å². The Morgan fingerprint density at radius 1 is 1.37 bits per heavy atom. The number of hydrogen-bond acceptors (Lipinski definition) is 3. The van der Waals surface area contributed by atoms with Crippen LogP contribution in [0.3, 0.4) is 0 Å². The highest BCUT2D eigenvalue weighted by atomic mass is 19.4. The minimum absolute atomic E-state index is 0.0499. The van der Waals surface area contributed by atoms with Crippen LogP contribution in [0.25, 0.3) is 0 Å². The van der Waals surface area contributed by atoms with E-state index in [0.29, 0.717) is 30.1 Å². The number of carbonyl (C=O) groups excluding carboxylic acids is 1. The predicted octanol–water partition coefficient (Wildman–Crippen LogP) is 3.58. The van der Waals surface area contributed by atoms with Crippen molar-refractivity contribution in [1.29, 1.82) is 0 Å². The lowest BCUT2D eigenvalue weighted by atomic mass is 9.93. The van der Waals surface area contributed by atoms with Gasteiger partial charge in [0, 0.05) is 11.6 Å². The van der Waals surface area contributed by atoms with Crippen molar-refractivity contribution in [2.75, 3.05) is 6.61 Å². The molecule has 1 fully saturated rings. The molecule has 142 valence electrons. The van der Waals surface area contributed by atoms with Gasteiger partial charge in [-0.15, -0.1) is 0 Å². The van der Waals surface area contributed by atoms with Gasteiger partial charge in [0.2, 0.25) is 0 Å². The van der Waals surface area contributed by atoms with E-state index >= 15 is 0 Å². The van der Waals surface area contributed by atoms with E-state index in [2.05, 4.69) is 10.4 Å². The summed E-state index contributed by atoms with van der Waals surface area (Å²) in [6.07, 6.45) is 7.06. The Hall–Kier alpha value is -2.77. The van der Waals surface area contributed by atoms with Gasteiger partial charge < -0.3 is 10.1 Å². The van der Waals surface area contributed by atoms with Gasteiger partial charge in [-0.1, -0.05) is 18.2 Å². The number of carbonyl (C=O) groups is 1. The Labute approximate surface area is 153 Å². The van der Waals surface area contributed by atoms with E-state index in [1.807, 2.05) is 18.2 Å². The summed E-state index contributed by atoms with van der Waals surface area (Å²) in [7, 11) is 0. The second kappa shape index (κ2) is 6.75. The molecule has 1 atom stereocenters. The summed E-state index contributed by atoms with van der Waals surface area (Å²) in [5, 5.41) is 6.54. The molecule has 1 aromatic heterocycles. The second-order valence-electron chi connectivity index (χ2n) is 6.73. The zero-order chi connectivity index (χ0) is 19.0. The van der Waals surface area contributed by atoms with Crippen molar-refractivity contribution in [3.8, 4) is 0 Å². The van der Waals surface area contributed by atoms with Crippen molar-refractivity contribution in [3.05, 3.63) is 64.9 Å². The van der Waals surface area contributed by atoms with E-state index in [1.165, 1.54) is 4.68 Å². The number of halogens is 3. The molecule has 1 amide bonds. The number of aromatic nitrogens is 2. The van der Waals surface area contributed by atoms with Crippen LogP contribution in [0, 0.1) is 0 Å². The first-order valence-corrected chi connectivity index (χ1v) is 8.74. The Bertz CT molecular complexity index is 891. The summed E-state index contributed by atoms with van der Waals surface area (Å²) < 4.78 is 46.5. The second-order valence-corrected chi connectivity index (χ2v) is 6.73. The normalized spacial score (nSPS) is 22.3. The molecular weight excluding hydrogens is 359 g/mol. The lowest BCUT2D eigenvalue weighted by Gasteiger charge is -2.26. The first kappa shape index (κ1) is 17.6. The number of allylic oxidation sites excluding steroid dienone is 6. The number of morpholine rings is 1. The summed E-state index contributed by atoms with van der Waals surface area (Å²) in [6, 6.07) is 1.10. The molecule has 4 rings (SSSR count). The van der Waals surface area contributed by atoms with Crippen molar-refractivity contribution in [1.82, 2.24) is 15.1 Å². The molecule has 1 N–H and O–H groups in total. The van der Waals surface area contributed by atoms with Gasteiger partial charge in [-0.3, -0.25) is 9.48 Å². The van der Waals surface area contributed by atoms with Gasteiger partial charge in [0.25, 0.3) is 5.91 Å². The molecule has 1 saturated heterocycles. The maximum atomic E-state index is 13.2. The smallest absolute Gasteiger partial charge is 0.435 e.